The molecule has 0 bridgehead atoms. The topological polar surface area (TPSA) is 381 Å². The molecule has 7 N–H and O–H groups in total. The van der Waals surface area contributed by atoms with Crippen molar-refractivity contribution in [1.29, 1.82) is 0 Å². The van der Waals surface area contributed by atoms with E-state index in [4.69, 9.17) is 17.0 Å². The molecular weight excluding hydrogens is 980 g/mol. The van der Waals surface area contributed by atoms with Crippen molar-refractivity contribution >= 4 is 116 Å². The van der Waals surface area contributed by atoms with Crippen LogP contribution in [0.1, 0.15) is 22.3 Å². The molecule has 63 heavy (non-hydrogen) atoms. The molecule has 29 heteroatoms. The minimum atomic E-state index is -4.94. The molecule has 0 saturated heterocycles. The Morgan fingerprint density at radius 3 is 1.13 bits per heavy atom. The molecule has 0 fully saturated rings. The van der Waals surface area contributed by atoms with Gasteiger partial charge in [-0.05, 0) is 85.7 Å². The van der Waals surface area contributed by atoms with Gasteiger partial charge in [0.05, 0.1) is 14.7 Å². The van der Waals surface area contributed by atoms with Crippen molar-refractivity contribution in [2.45, 2.75) is 62.0 Å². The summed E-state index contributed by atoms with van der Waals surface area (Å²) >= 11 is 0. The molecule has 338 valence electrons. The summed E-state index contributed by atoms with van der Waals surface area (Å²) in [4.78, 5) is -4.74. The van der Waals surface area contributed by atoms with E-state index in [2.05, 4.69) is 0 Å². The van der Waals surface area contributed by atoms with E-state index in [0.717, 1.165) is 35.4 Å². The number of benzene rings is 6. The summed E-state index contributed by atoms with van der Waals surface area (Å²) in [5.74, 6) is 0. The highest BCUT2D eigenvalue weighted by Crippen LogP contribution is 2.34. The lowest BCUT2D eigenvalue weighted by molar-refractivity contribution is 0.477. The van der Waals surface area contributed by atoms with Gasteiger partial charge in [0.1, 0.15) is 27.4 Å². The first kappa shape index (κ1) is 51.2. The van der Waals surface area contributed by atoms with Crippen molar-refractivity contribution in [3.63, 3.8) is 0 Å². The summed E-state index contributed by atoms with van der Waals surface area (Å²) in [6.07, 6.45) is 0. The number of aryl methyl sites for hydroxylation is 4. The molecule has 0 heterocycles. The fourth-order valence-corrected chi connectivity index (χ4v) is 11.6. The Hall–Kier alpha value is -4.47. The first-order chi connectivity index (χ1) is 28.3. The standard InChI is InChI=1S/C12H12O6S2.C11H9BO6S2.C11H10O9S3/c1-7-3-9-5-10(19(13,14)15)6-12(20(16,17)18)11(9)4-8(7)2;1-6-2-3-8-7(10(6)19(13,14)15)4-5-9(12)11(8)20(16,17)18;1-6-2-3-8-9(11(6)23(18,19)20)4-7(21(12,13)14)5-10(8)22(15,16)17/h3-6H,1-2H3,(H,13,14,15)(H,16,17,18);2-5H,1H3,(H,13,14,15)(H,16,17,18);2-5H,1H3,(H,12,13,14)(H,15,16,17)(H,18,19,20). The van der Waals surface area contributed by atoms with Crippen molar-refractivity contribution in [2.24, 2.45) is 0 Å². The van der Waals surface area contributed by atoms with E-state index in [1.807, 2.05) is 0 Å². The highest BCUT2D eigenvalue weighted by atomic mass is 32.2. The quantitative estimate of drug-likeness (QED) is 0.0891. The molecule has 6 aromatic rings. The molecule has 6 rings (SSSR count). The monoisotopic (exact) mass is 1010 g/mol. The molecule has 0 saturated carbocycles. The largest absolute Gasteiger partial charge is 0.295 e. The Morgan fingerprint density at radius 2 is 0.698 bits per heavy atom. The average Bonchev–Trinajstić information content (AvgIpc) is 3.08. The third-order valence-corrected chi connectivity index (χ3v) is 15.5. The maximum Gasteiger partial charge on any atom is 0.295 e. The Morgan fingerprint density at radius 1 is 0.333 bits per heavy atom. The smallest absolute Gasteiger partial charge is 0.282 e. The van der Waals surface area contributed by atoms with E-state index in [1.165, 1.54) is 38.1 Å². The average molecular weight is 1010 g/mol. The number of fused-ring (bicyclic) bond motifs is 3. The second-order valence-corrected chi connectivity index (χ2v) is 23.1. The van der Waals surface area contributed by atoms with Crippen molar-refractivity contribution < 1.29 is 90.8 Å². The van der Waals surface area contributed by atoms with Gasteiger partial charge in [-0.25, -0.2) is 0 Å². The van der Waals surface area contributed by atoms with E-state index < -0.39 is 110 Å². The number of rotatable bonds is 7. The fourth-order valence-electron chi connectivity index (χ4n) is 6.20. The van der Waals surface area contributed by atoms with Crippen molar-refractivity contribution in [3.05, 3.63) is 95.1 Å². The van der Waals surface area contributed by atoms with Crippen LogP contribution in [-0.2, 0) is 70.8 Å². The van der Waals surface area contributed by atoms with E-state index in [9.17, 15) is 81.7 Å². The Labute approximate surface area is 362 Å². The zero-order valence-electron chi connectivity index (χ0n) is 32.2. The van der Waals surface area contributed by atoms with Crippen LogP contribution in [0.25, 0.3) is 32.3 Å². The summed E-state index contributed by atoms with van der Waals surface area (Å²) < 4.78 is 224. The summed E-state index contributed by atoms with van der Waals surface area (Å²) in [6.45, 7) is 6.28. The minimum Gasteiger partial charge on any atom is -0.282 e. The molecule has 0 aliphatic carbocycles. The normalized spacial score (nSPS) is 13.0. The van der Waals surface area contributed by atoms with Gasteiger partial charge in [-0.15, -0.1) is 0 Å². The fraction of sp³-hybridized carbons (Fsp3) is 0.118. The number of hydrogen-bond acceptors (Lipinski definition) is 14. The van der Waals surface area contributed by atoms with E-state index in [-0.39, 0.29) is 38.1 Å². The van der Waals surface area contributed by atoms with Crippen LogP contribution in [0.3, 0.4) is 0 Å². The summed E-state index contributed by atoms with van der Waals surface area (Å²) in [6, 6.07) is 13.6. The van der Waals surface area contributed by atoms with Crippen molar-refractivity contribution in [1.82, 2.24) is 0 Å². The second kappa shape index (κ2) is 17.2. The lowest BCUT2D eigenvalue weighted by Crippen LogP contribution is -2.16. The highest BCUT2D eigenvalue weighted by molar-refractivity contribution is 7.88. The highest BCUT2D eigenvalue weighted by Gasteiger charge is 2.27. The Balaban J connectivity index is 0.000000208. The third kappa shape index (κ3) is 11.4. The van der Waals surface area contributed by atoms with Gasteiger partial charge < -0.3 is 0 Å². The zero-order valence-corrected chi connectivity index (χ0v) is 37.9. The SMILES string of the molecule is Cc1cc2cc(S(=O)(=O)O)cc(S(=O)(=O)O)c2cc1C.Cc1ccc2c(S(=O)(=O)O)cc(S(=O)(=O)O)cc2c1S(=O)(=O)O.[B]c1ccc2c(S(=O)(=O)O)c(C)ccc2c1S(=O)(=O)O. The van der Waals surface area contributed by atoms with Crippen LogP contribution >= 0.6 is 0 Å². The molecule has 0 amide bonds. The summed E-state index contributed by atoms with van der Waals surface area (Å²) in [5.41, 5.74) is 1.65. The van der Waals surface area contributed by atoms with Gasteiger partial charge in [-0.3, -0.25) is 31.9 Å². The molecule has 0 atom stereocenters. The zero-order chi connectivity index (χ0) is 48.4. The molecule has 0 unspecified atom stereocenters. The third-order valence-electron chi connectivity index (χ3n) is 8.98. The van der Waals surface area contributed by atoms with Crippen LogP contribution in [0.15, 0.2) is 107 Å². The van der Waals surface area contributed by atoms with Crippen LogP contribution in [0, 0.1) is 27.7 Å². The Kier molecular flexibility index (Phi) is 13.9. The molecular formula is C34H31BO21S7. The Bertz CT molecular complexity index is 3660. The van der Waals surface area contributed by atoms with E-state index in [0.29, 0.717) is 17.5 Å². The lowest BCUT2D eigenvalue weighted by atomic mass is 9.92. The molecule has 21 nitrogen and oxygen atoms in total. The first-order valence-electron chi connectivity index (χ1n) is 16.5. The van der Waals surface area contributed by atoms with Gasteiger partial charge in [-0.2, -0.15) is 58.9 Å². The van der Waals surface area contributed by atoms with Gasteiger partial charge in [0.25, 0.3) is 70.8 Å². The van der Waals surface area contributed by atoms with Gasteiger partial charge in [0.2, 0.25) is 0 Å². The van der Waals surface area contributed by atoms with Crippen molar-refractivity contribution in [3.8, 4) is 0 Å². The van der Waals surface area contributed by atoms with Crippen LogP contribution in [0.5, 0.6) is 0 Å². The van der Waals surface area contributed by atoms with Crippen LogP contribution in [0.4, 0.5) is 0 Å². The predicted molar refractivity (Wildman–Crippen MR) is 225 cm³/mol. The number of hydrogen-bond donors (Lipinski definition) is 7. The summed E-state index contributed by atoms with van der Waals surface area (Å²) in [5, 5.41) is -0.424. The molecule has 0 aliphatic rings. The molecule has 0 aromatic heterocycles. The second-order valence-electron chi connectivity index (χ2n) is 13.4. The van der Waals surface area contributed by atoms with Crippen LogP contribution < -0.4 is 5.46 Å². The first-order valence-corrected chi connectivity index (χ1v) is 26.6. The van der Waals surface area contributed by atoms with Crippen molar-refractivity contribution in [2.75, 3.05) is 0 Å². The molecule has 2 radical (unpaired) electrons. The van der Waals surface area contributed by atoms with Crippen LogP contribution in [0.2, 0.25) is 0 Å². The lowest BCUT2D eigenvalue weighted by Gasteiger charge is -2.12. The minimum absolute atomic E-state index is 0.00813. The predicted octanol–water partition coefficient (Wildman–Crippen LogP) is 3.27. The van der Waals surface area contributed by atoms with Gasteiger partial charge >= 0.3 is 0 Å². The van der Waals surface area contributed by atoms with Crippen LogP contribution in [-0.4, -0.2) is 98.6 Å². The maximum absolute atomic E-state index is 11.5. The van der Waals surface area contributed by atoms with Gasteiger partial charge in [0.15, 0.2) is 0 Å². The molecule has 0 spiro atoms. The summed E-state index contributed by atoms with van der Waals surface area (Å²) in [7, 11) is -27.5. The van der Waals surface area contributed by atoms with E-state index >= 15 is 0 Å². The molecule has 6 aromatic carbocycles. The van der Waals surface area contributed by atoms with Gasteiger partial charge in [-0.1, -0.05) is 47.9 Å². The molecule has 0 aliphatic heterocycles. The van der Waals surface area contributed by atoms with Gasteiger partial charge in [0, 0.05) is 26.9 Å². The van der Waals surface area contributed by atoms with E-state index in [1.54, 1.807) is 26.0 Å². The maximum atomic E-state index is 11.5.